The molecule has 1 heterocycles. The Bertz CT molecular complexity index is 467. The summed E-state index contributed by atoms with van der Waals surface area (Å²) in [5, 5.41) is 10.5. The minimum absolute atomic E-state index is 0.0539. The van der Waals surface area contributed by atoms with Crippen LogP contribution in [0, 0.1) is 0 Å². The molecule has 0 radical (unpaired) electrons. The van der Waals surface area contributed by atoms with Crippen molar-refractivity contribution in [2.45, 2.75) is 108 Å². The van der Waals surface area contributed by atoms with Gasteiger partial charge in [-0.15, -0.1) is 11.6 Å². The molecule has 150 valence electrons. The minimum atomic E-state index is -2.06. The zero-order valence-electron chi connectivity index (χ0n) is 18.0. The summed E-state index contributed by atoms with van der Waals surface area (Å²) in [6.07, 6.45) is -1.81. The predicted octanol–water partition coefficient (Wildman–Crippen LogP) is 5.11. The van der Waals surface area contributed by atoms with Crippen LogP contribution in [0.5, 0.6) is 0 Å². The van der Waals surface area contributed by atoms with Gasteiger partial charge < -0.3 is 18.7 Å². The third-order valence-corrected chi connectivity index (χ3v) is 15.7. The van der Waals surface area contributed by atoms with E-state index in [2.05, 4.69) is 67.7 Å². The van der Waals surface area contributed by atoms with Gasteiger partial charge in [0.05, 0.1) is 12.7 Å². The van der Waals surface area contributed by atoms with E-state index in [0.29, 0.717) is 6.61 Å². The molecule has 1 fully saturated rings. The minimum Gasteiger partial charge on any atom is -0.414 e. The van der Waals surface area contributed by atoms with Crippen LogP contribution in [0.2, 0.25) is 36.3 Å². The Balaban J connectivity index is 2.98. The van der Waals surface area contributed by atoms with Crippen LogP contribution in [0.3, 0.4) is 0 Å². The maximum absolute atomic E-state index is 10.3. The molecule has 0 saturated carbocycles. The number of hydrogen-bond donors (Lipinski definition) is 1. The number of ether oxygens (including phenoxy) is 1. The van der Waals surface area contributed by atoms with Crippen molar-refractivity contribution < 1.29 is 18.7 Å². The Morgan fingerprint density at radius 3 is 1.84 bits per heavy atom. The van der Waals surface area contributed by atoms with Crippen LogP contribution in [0.4, 0.5) is 0 Å². The summed E-state index contributed by atoms with van der Waals surface area (Å²) < 4.78 is 18.7. The summed E-state index contributed by atoms with van der Waals surface area (Å²) in [6.45, 7) is 24.2. The predicted molar refractivity (Wildman–Crippen MR) is 110 cm³/mol. The molecule has 1 aliphatic rings. The van der Waals surface area contributed by atoms with E-state index in [1.807, 2.05) is 0 Å². The standard InChI is InChI=1S/C18H39ClO4Si2/c1-16(2,3)24(8,9)21-12-13-14(18(7,19)15(20)22-13)23-25(10,11)17(4,5)6/h13-15,20H,12H2,1-11H3. The normalized spacial score (nSPS) is 32.3. The van der Waals surface area contributed by atoms with E-state index in [-0.39, 0.29) is 16.2 Å². The molecule has 7 heteroatoms. The molecule has 1 N–H and O–H groups in total. The highest BCUT2D eigenvalue weighted by Gasteiger charge is 2.56. The van der Waals surface area contributed by atoms with Gasteiger partial charge in [0.2, 0.25) is 0 Å². The number of rotatable bonds is 5. The van der Waals surface area contributed by atoms with Crippen molar-refractivity contribution in [1.29, 1.82) is 0 Å². The van der Waals surface area contributed by atoms with Crippen molar-refractivity contribution in [3.63, 3.8) is 0 Å². The van der Waals surface area contributed by atoms with E-state index in [9.17, 15) is 5.11 Å². The maximum atomic E-state index is 10.3. The average molecular weight is 411 g/mol. The van der Waals surface area contributed by atoms with Gasteiger partial charge >= 0.3 is 0 Å². The first-order valence-corrected chi connectivity index (χ1v) is 15.4. The van der Waals surface area contributed by atoms with E-state index in [0.717, 1.165) is 0 Å². The third-order valence-electron chi connectivity index (χ3n) is 6.32. The average Bonchev–Trinajstić information content (AvgIpc) is 2.57. The van der Waals surface area contributed by atoms with Crippen molar-refractivity contribution in [2.24, 2.45) is 0 Å². The van der Waals surface area contributed by atoms with Crippen LogP contribution in [-0.4, -0.2) is 51.7 Å². The van der Waals surface area contributed by atoms with Crippen LogP contribution < -0.4 is 0 Å². The largest absolute Gasteiger partial charge is 0.414 e. The lowest BCUT2D eigenvalue weighted by Crippen LogP contribution is -2.53. The van der Waals surface area contributed by atoms with Gasteiger partial charge in [-0.1, -0.05) is 41.5 Å². The molecule has 0 bridgehead atoms. The lowest BCUT2D eigenvalue weighted by atomic mass is 10.0. The molecule has 0 amide bonds. The van der Waals surface area contributed by atoms with Gasteiger partial charge in [-0.2, -0.15) is 0 Å². The lowest BCUT2D eigenvalue weighted by Gasteiger charge is -2.42. The highest BCUT2D eigenvalue weighted by Crippen LogP contribution is 2.45. The number of aliphatic hydroxyl groups excluding tert-OH is 1. The Kier molecular flexibility index (Phi) is 6.79. The second kappa shape index (κ2) is 7.19. The molecule has 4 nitrogen and oxygen atoms in total. The lowest BCUT2D eigenvalue weighted by molar-refractivity contribution is -0.111. The van der Waals surface area contributed by atoms with Crippen LogP contribution in [0.1, 0.15) is 48.5 Å². The molecule has 1 saturated heterocycles. The number of aliphatic hydroxyl groups is 1. The van der Waals surface area contributed by atoms with Gasteiger partial charge in [0.1, 0.15) is 11.0 Å². The molecule has 1 aliphatic heterocycles. The summed E-state index contributed by atoms with van der Waals surface area (Å²) >= 11 is 6.65. The van der Waals surface area contributed by atoms with Crippen molar-refractivity contribution in [3.8, 4) is 0 Å². The molecule has 0 aromatic heterocycles. The number of halogens is 1. The SMILES string of the molecule is CC1(Cl)C(O)OC(CO[Si](C)(C)C(C)(C)C)C1O[Si](C)(C)C(C)(C)C. The van der Waals surface area contributed by atoms with Gasteiger partial charge in [0.15, 0.2) is 22.9 Å². The second-order valence-electron chi connectivity index (χ2n) is 10.5. The topological polar surface area (TPSA) is 47.9 Å². The summed E-state index contributed by atoms with van der Waals surface area (Å²) in [4.78, 5) is -0.975. The molecule has 0 aromatic carbocycles. The molecule has 25 heavy (non-hydrogen) atoms. The Morgan fingerprint density at radius 2 is 1.44 bits per heavy atom. The molecular formula is C18H39ClO4Si2. The Morgan fingerprint density at radius 1 is 1.00 bits per heavy atom. The van der Waals surface area contributed by atoms with Crippen molar-refractivity contribution in [1.82, 2.24) is 0 Å². The van der Waals surface area contributed by atoms with Gasteiger partial charge in [0, 0.05) is 0 Å². The van der Waals surface area contributed by atoms with Gasteiger partial charge in [0.25, 0.3) is 0 Å². The molecule has 4 unspecified atom stereocenters. The van der Waals surface area contributed by atoms with Crippen molar-refractivity contribution in [2.75, 3.05) is 6.61 Å². The van der Waals surface area contributed by atoms with E-state index in [1.54, 1.807) is 6.92 Å². The van der Waals surface area contributed by atoms with E-state index in [4.69, 9.17) is 25.2 Å². The Hall–Kier alpha value is 0.564. The van der Waals surface area contributed by atoms with Crippen molar-refractivity contribution in [3.05, 3.63) is 0 Å². The Labute approximate surface area is 161 Å². The fourth-order valence-electron chi connectivity index (χ4n) is 2.19. The fraction of sp³-hybridized carbons (Fsp3) is 1.00. The van der Waals surface area contributed by atoms with Crippen LogP contribution in [0.25, 0.3) is 0 Å². The molecule has 0 spiro atoms. The van der Waals surface area contributed by atoms with Crippen molar-refractivity contribution >= 4 is 28.2 Å². The molecule has 4 atom stereocenters. The smallest absolute Gasteiger partial charge is 0.192 e. The summed E-state index contributed by atoms with van der Waals surface area (Å²) in [5.74, 6) is 0. The highest BCUT2D eigenvalue weighted by atomic mass is 35.5. The van der Waals surface area contributed by atoms with E-state index >= 15 is 0 Å². The van der Waals surface area contributed by atoms with Crippen LogP contribution in [-0.2, 0) is 13.6 Å². The zero-order valence-corrected chi connectivity index (χ0v) is 20.7. The van der Waals surface area contributed by atoms with Gasteiger partial charge in [-0.3, -0.25) is 0 Å². The van der Waals surface area contributed by atoms with Crippen LogP contribution >= 0.6 is 11.6 Å². The van der Waals surface area contributed by atoms with Gasteiger partial charge in [-0.05, 0) is 43.2 Å². The monoisotopic (exact) mass is 410 g/mol. The molecule has 0 aromatic rings. The fourth-order valence-corrected chi connectivity index (χ4v) is 4.90. The number of alkyl halides is 1. The van der Waals surface area contributed by atoms with E-state index in [1.165, 1.54) is 0 Å². The first kappa shape index (κ1) is 23.6. The highest BCUT2D eigenvalue weighted by molar-refractivity contribution is 6.74. The number of hydrogen-bond acceptors (Lipinski definition) is 4. The summed E-state index contributed by atoms with van der Waals surface area (Å²) in [6, 6.07) is 0. The summed E-state index contributed by atoms with van der Waals surface area (Å²) in [5.41, 5.74) is 0. The second-order valence-corrected chi connectivity index (χ2v) is 20.9. The quantitative estimate of drug-likeness (QED) is 0.505. The maximum Gasteiger partial charge on any atom is 0.192 e. The van der Waals surface area contributed by atoms with Gasteiger partial charge in [-0.25, -0.2) is 0 Å². The first-order valence-electron chi connectivity index (χ1n) is 9.17. The molecule has 0 aliphatic carbocycles. The first-order chi connectivity index (χ1) is 10.8. The summed E-state index contributed by atoms with van der Waals surface area (Å²) in [7, 11) is -3.98. The zero-order chi connectivity index (χ0) is 20.1. The third kappa shape index (κ3) is 5.09. The molecule has 1 rings (SSSR count). The molecular weight excluding hydrogens is 372 g/mol. The van der Waals surface area contributed by atoms with E-state index < -0.39 is 33.9 Å². The van der Waals surface area contributed by atoms with Crippen LogP contribution in [0.15, 0.2) is 0 Å².